The fraction of sp³-hybridized carbons (Fsp3) is 0.261. The van der Waals surface area contributed by atoms with Gasteiger partial charge in [-0.25, -0.2) is 18.1 Å². The first-order chi connectivity index (χ1) is 14.8. The number of hydrogen-bond donors (Lipinski definition) is 0. The molecule has 0 aliphatic carbocycles. The molecule has 1 saturated heterocycles. The first kappa shape index (κ1) is 20.8. The molecule has 7 nitrogen and oxygen atoms in total. The summed E-state index contributed by atoms with van der Waals surface area (Å²) in [5.74, 6) is 5.96. The van der Waals surface area contributed by atoms with Gasteiger partial charge in [0.05, 0.1) is 28.3 Å². The van der Waals surface area contributed by atoms with Crippen LogP contribution in [0.4, 0.5) is 0 Å². The van der Waals surface area contributed by atoms with Crippen LogP contribution in [0.2, 0.25) is 0 Å². The summed E-state index contributed by atoms with van der Waals surface area (Å²) in [7, 11) is -1.48. The Morgan fingerprint density at radius 1 is 1.16 bits per heavy atom. The summed E-state index contributed by atoms with van der Waals surface area (Å²) in [6.07, 6.45) is 5.57. The quantitative estimate of drug-likeness (QED) is 0.591. The van der Waals surface area contributed by atoms with Crippen molar-refractivity contribution < 1.29 is 13.2 Å². The van der Waals surface area contributed by atoms with Gasteiger partial charge in [0.1, 0.15) is 5.69 Å². The van der Waals surface area contributed by atoms with Crippen LogP contribution >= 0.6 is 0 Å². The number of rotatable bonds is 3. The molecule has 4 rings (SSSR count). The van der Waals surface area contributed by atoms with Crippen LogP contribution in [0.1, 0.15) is 35.0 Å². The SMILES string of the molecule is CN(C(=O)c1ccc(-n2cccn2)c(C#Cc2ccccn2)c1)[C@]1(C)CCS(=O)(=O)C1. The molecule has 3 aromatic rings. The zero-order chi connectivity index (χ0) is 22.1. The van der Waals surface area contributed by atoms with E-state index < -0.39 is 15.4 Å². The second-order valence-electron chi connectivity index (χ2n) is 7.85. The minimum Gasteiger partial charge on any atom is -0.335 e. The van der Waals surface area contributed by atoms with Crippen LogP contribution in [0.15, 0.2) is 61.1 Å². The molecule has 1 aliphatic rings. The Morgan fingerprint density at radius 2 is 2.00 bits per heavy atom. The number of amides is 1. The molecule has 1 aromatic carbocycles. The number of carbonyl (C=O) groups is 1. The van der Waals surface area contributed by atoms with E-state index in [1.54, 1.807) is 48.5 Å². The smallest absolute Gasteiger partial charge is 0.254 e. The molecular weight excluding hydrogens is 412 g/mol. The van der Waals surface area contributed by atoms with Crippen molar-refractivity contribution in [3.63, 3.8) is 0 Å². The third-order valence-corrected chi connectivity index (χ3v) is 7.47. The van der Waals surface area contributed by atoms with Crippen molar-refractivity contribution >= 4 is 15.7 Å². The molecule has 1 atom stereocenters. The normalized spacial score (nSPS) is 19.4. The number of benzene rings is 1. The van der Waals surface area contributed by atoms with Crippen LogP contribution in [0.3, 0.4) is 0 Å². The van der Waals surface area contributed by atoms with Gasteiger partial charge in [-0.3, -0.25) is 4.79 Å². The maximum Gasteiger partial charge on any atom is 0.254 e. The zero-order valence-electron chi connectivity index (χ0n) is 17.3. The minimum absolute atomic E-state index is 0.0278. The topological polar surface area (TPSA) is 85.2 Å². The lowest BCUT2D eigenvalue weighted by molar-refractivity contribution is 0.0638. The summed E-state index contributed by atoms with van der Waals surface area (Å²) in [6, 6.07) is 12.5. The lowest BCUT2D eigenvalue weighted by Gasteiger charge is -2.34. The van der Waals surface area contributed by atoms with Gasteiger partial charge in [-0.05, 0) is 55.7 Å². The Kier molecular flexibility index (Phi) is 5.38. The summed E-state index contributed by atoms with van der Waals surface area (Å²) in [5, 5.41) is 4.27. The second-order valence-corrected chi connectivity index (χ2v) is 10.0. The van der Waals surface area contributed by atoms with Gasteiger partial charge in [-0.1, -0.05) is 12.0 Å². The zero-order valence-corrected chi connectivity index (χ0v) is 18.1. The highest BCUT2D eigenvalue weighted by Crippen LogP contribution is 2.30. The summed E-state index contributed by atoms with van der Waals surface area (Å²) >= 11 is 0. The molecule has 1 fully saturated rings. The molecule has 2 aromatic heterocycles. The first-order valence-corrected chi connectivity index (χ1v) is 11.7. The van der Waals surface area contributed by atoms with Gasteiger partial charge >= 0.3 is 0 Å². The van der Waals surface area contributed by atoms with Crippen molar-refractivity contribution in [3.8, 4) is 17.5 Å². The molecule has 0 radical (unpaired) electrons. The molecule has 158 valence electrons. The number of sulfone groups is 1. The molecule has 1 aliphatic heterocycles. The Morgan fingerprint density at radius 3 is 2.65 bits per heavy atom. The van der Waals surface area contributed by atoms with Gasteiger partial charge in [0.2, 0.25) is 0 Å². The van der Waals surface area contributed by atoms with Crippen molar-refractivity contribution in [1.29, 1.82) is 0 Å². The van der Waals surface area contributed by atoms with Gasteiger partial charge in [-0.2, -0.15) is 5.10 Å². The lowest BCUT2D eigenvalue weighted by atomic mass is 9.98. The third kappa shape index (κ3) is 4.37. The maximum atomic E-state index is 13.2. The predicted molar refractivity (Wildman–Crippen MR) is 118 cm³/mol. The Bertz CT molecular complexity index is 1280. The van der Waals surface area contributed by atoms with Crippen molar-refractivity contribution in [3.05, 3.63) is 77.9 Å². The molecule has 3 heterocycles. The molecule has 0 saturated carbocycles. The number of nitrogens with zero attached hydrogens (tertiary/aromatic N) is 4. The highest BCUT2D eigenvalue weighted by Gasteiger charge is 2.43. The molecular formula is C23H22N4O3S. The van der Waals surface area contributed by atoms with E-state index in [2.05, 4.69) is 21.9 Å². The van der Waals surface area contributed by atoms with Crippen molar-refractivity contribution in [1.82, 2.24) is 19.7 Å². The molecule has 1 amide bonds. The van der Waals surface area contributed by atoms with Gasteiger partial charge in [-0.15, -0.1) is 0 Å². The van der Waals surface area contributed by atoms with Crippen LogP contribution in [0.5, 0.6) is 0 Å². The highest BCUT2D eigenvalue weighted by molar-refractivity contribution is 7.91. The van der Waals surface area contributed by atoms with Crippen molar-refractivity contribution in [2.24, 2.45) is 0 Å². The molecule has 0 spiro atoms. The lowest BCUT2D eigenvalue weighted by Crippen LogP contribution is -2.48. The summed E-state index contributed by atoms with van der Waals surface area (Å²) in [5.41, 5.74) is 1.69. The minimum atomic E-state index is -3.13. The third-order valence-electron chi connectivity index (χ3n) is 5.58. The largest absolute Gasteiger partial charge is 0.335 e. The van der Waals surface area contributed by atoms with E-state index in [0.717, 1.165) is 5.69 Å². The van der Waals surface area contributed by atoms with E-state index in [-0.39, 0.29) is 17.4 Å². The summed E-state index contributed by atoms with van der Waals surface area (Å²) in [6.45, 7) is 1.81. The first-order valence-electron chi connectivity index (χ1n) is 9.83. The fourth-order valence-corrected chi connectivity index (χ4v) is 5.83. The van der Waals surface area contributed by atoms with E-state index in [1.807, 2.05) is 31.2 Å². The summed E-state index contributed by atoms with van der Waals surface area (Å²) < 4.78 is 25.7. The number of aromatic nitrogens is 3. The van der Waals surface area contributed by atoms with Gasteiger partial charge in [0, 0.05) is 31.2 Å². The monoisotopic (exact) mass is 434 g/mol. The average molecular weight is 435 g/mol. The number of carbonyl (C=O) groups excluding carboxylic acids is 1. The Hall–Kier alpha value is -3.44. The second kappa shape index (κ2) is 8.00. The van der Waals surface area contributed by atoms with Gasteiger partial charge < -0.3 is 4.90 Å². The maximum absolute atomic E-state index is 13.2. The fourth-order valence-electron chi connectivity index (χ4n) is 3.65. The van der Waals surface area contributed by atoms with Gasteiger partial charge in [0.25, 0.3) is 5.91 Å². The summed E-state index contributed by atoms with van der Waals surface area (Å²) in [4.78, 5) is 19.0. The van der Waals surface area contributed by atoms with E-state index in [0.29, 0.717) is 23.2 Å². The van der Waals surface area contributed by atoms with Crippen LogP contribution in [0, 0.1) is 11.8 Å². The molecule has 0 unspecified atom stereocenters. The number of hydrogen-bond acceptors (Lipinski definition) is 5. The Labute approximate surface area is 181 Å². The molecule has 0 bridgehead atoms. The Balaban J connectivity index is 1.71. The average Bonchev–Trinajstić information content (AvgIpc) is 3.40. The van der Waals surface area contributed by atoms with Crippen LogP contribution < -0.4 is 0 Å². The van der Waals surface area contributed by atoms with Gasteiger partial charge in [0.15, 0.2) is 9.84 Å². The van der Waals surface area contributed by atoms with E-state index in [9.17, 15) is 13.2 Å². The molecule has 8 heteroatoms. The van der Waals surface area contributed by atoms with Crippen molar-refractivity contribution in [2.45, 2.75) is 18.9 Å². The molecule has 31 heavy (non-hydrogen) atoms. The molecule has 0 N–H and O–H groups in total. The standard InChI is InChI=1S/C23H22N4O3S/c1-23(11-15-31(29,30)17-23)26(2)22(28)19-8-10-21(27-14-5-13-25-27)18(16-19)7-9-20-6-3-4-12-24-20/h3-6,8,10,12-14,16H,11,15,17H2,1-2H3/t23-/m1/s1. The van der Waals surface area contributed by atoms with Crippen LogP contribution in [0.25, 0.3) is 5.69 Å². The highest BCUT2D eigenvalue weighted by atomic mass is 32.2. The van der Waals surface area contributed by atoms with Crippen LogP contribution in [-0.2, 0) is 9.84 Å². The van der Waals surface area contributed by atoms with E-state index >= 15 is 0 Å². The van der Waals surface area contributed by atoms with E-state index in [4.69, 9.17) is 0 Å². The predicted octanol–water partition coefficient (Wildman–Crippen LogP) is 2.32. The van der Waals surface area contributed by atoms with E-state index in [1.165, 1.54) is 4.90 Å². The van der Waals surface area contributed by atoms with Crippen LogP contribution in [-0.4, -0.2) is 58.1 Å². The number of pyridine rings is 1. The van der Waals surface area contributed by atoms with Crippen molar-refractivity contribution in [2.75, 3.05) is 18.6 Å².